The van der Waals surface area contributed by atoms with Crippen molar-refractivity contribution in [2.45, 2.75) is 13.0 Å². The van der Waals surface area contributed by atoms with Crippen LogP contribution in [0.5, 0.6) is 0 Å². The largest absolute Gasteiger partial charge is 0.444 e. The quantitative estimate of drug-likeness (QED) is 0.265. The Hall–Kier alpha value is -4.05. The predicted octanol–water partition coefficient (Wildman–Crippen LogP) is 4.85. The van der Waals surface area contributed by atoms with E-state index in [1.54, 1.807) is 42.5 Å². The number of esters is 1. The zero-order valence-electron chi connectivity index (χ0n) is 17.3. The number of nitrogens with one attached hydrogen (secondary N) is 2. The van der Waals surface area contributed by atoms with Gasteiger partial charge in [-0.1, -0.05) is 30.3 Å². The van der Waals surface area contributed by atoms with Crippen molar-refractivity contribution < 1.29 is 24.0 Å². The number of carbonyl (C=O) groups is 3. The van der Waals surface area contributed by atoms with Crippen molar-refractivity contribution in [2.24, 2.45) is 0 Å². The van der Waals surface area contributed by atoms with Gasteiger partial charge in [-0.25, -0.2) is 4.79 Å². The molecule has 33 heavy (non-hydrogen) atoms. The summed E-state index contributed by atoms with van der Waals surface area (Å²) in [6, 6.07) is 18.4. The topological polar surface area (TPSA) is 128 Å². The molecule has 0 bridgehead atoms. The molecule has 0 aliphatic carbocycles. The Balaban J connectivity index is 1.82. The van der Waals surface area contributed by atoms with Crippen LogP contribution in [0.4, 0.5) is 17.1 Å². The Morgan fingerprint density at radius 1 is 0.970 bits per heavy atom. The van der Waals surface area contributed by atoms with Gasteiger partial charge in [0.2, 0.25) is 12.0 Å². The smallest absolute Gasteiger partial charge is 0.339 e. The van der Waals surface area contributed by atoms with E-state index in [1.165, 1.54) is 37.3 Å². The summed E-state index contributed by atoms with van der Waals surface area (Å²) in [5, 5.41) is 16.2. The third-order valence-electron chi connectivity index (χ3n) is 4.43. The summed E-state index contributed by atoms with van der Waals surface area (Å²) in [4.78, 5) is 47.3. The number of hydrogen-bond donors (Lipinski definition) is 2. The van der Waals surface area contributed by atoms with Crippen LogP contribution in [0, 0.1) is 10.1 Å². The van der Waals surface area contributed by atoms with E-state index in [1.807, 2.05) is 0 Å². The summed E-state index contributed by atoms with van der Waals surface area (Å²) in [6.45, 7) is 1.37. The van der Waals surface area contributed by atoms with Crippen LogP contribution in [0.1, 0.15) is 28.9 Å². The molecule has 3 aromatic rings. The van der Waals surface area contributed by atoms with Gasteiger partial charge >= 0.3 is 5.97 Å². The van der Waals surface area contributed by atoms with Crippen molar-refractivity contribution in [2.75, 3.05) is 10.6 Å². The first kappa shape index (κ1) is 23.6. The summed E-state index contributed by atoms with van der Waals surface area (Å²) in [6.07, 6.45) is -1.28. The Bertz CT molecular complexity index is 1200. The number of nitro benzene ring substituents is 1. The van der Waals surface area contributed by atoms with Crippen molar-refractivity contribution >= 4 is 50.8 Å². The molecule has 3 aromatic carbocycles. The van der Waals surface area contributed by atoms with E-state index in [0.29, 0.717) is 15.7 Å². The number of rotatable bonds is 7. The van der Waals surface area contributed by atoms with Crippen LogP contribution in [0.15, 0.2) is 77.3 Å². The number of non-ortho nitro benzene ring substituents is 1. The second-order valence-corrected chi connectivity index (χ2v) is 7.72. The SMILES string of the molecule is CC(=O)Nc1ccc(C(=O)O[C@@H](C(=O)Nc2ccc([N+](=O)[O-])cc2Br)c2ccccc2)cc1. The molecule has 0 heterocycles. The number of benzene rings is 3. The minimum Gasteiger partial charge on any atom is -0.444 e. The molecule has 0 aliphatic heterocycles. The first-order valence-electron chi connectivity index (χ1n) is 9.63. The molecule has 10 heteroatoms. The Kier molecular flexibility index (Phi) is 7.52. The van der Waals surface area contributed by atoms with Crippen LogP contribution in [-0.2, 0) is 14.3 Å². The third-order valence-corrected chi connectivity index (χ3v) is 5.08. The number of carbonyl (C=O) groups excluding carboxylic acids is 3. The fraction of sp³-hybridized carbons (Fsp3) is 0.0870. The maximum Gasteiger partial charge on any atom is 0.339 e. The standard InChI is InChI=1S/C23H18BrN3O6/c1-14(28)25-17-9-7-16(8-10-17)23(30)33-21(15-5-3-2-4-6-15)22(29)26-20-12-11-18(27(31)32)13-19(20)24/h2-13,21H,1H3,(H,25,28)(H,26,29)/t21-/m1/s1. The third kappa shape index (κ3) is 6.23. The summed E-state index contributed by atoms with van der Waals surface area (Å²) >= 11 is 3.20. The molecule has 2 N–H and O–H groups in total. The van der Waals surface area contributed by atoms with E-state index in [9.17, 15) is 24.5 Å². The van der Waals surface area contributed by atoms with E-state index in [0.717, 1.165) is 0 Å². The maximum atomic E-state index is 13.0. The molecule has 168 valence electrons. The fourth-order valence-electron chi connectivity index (χ4n) is 2.89. The number of anilines is 2. The van der Waals surface area contributed by atoms with Gasteiger partial charge in [-0.15, -0.1) is 0 Å². The lowest BCUT2D eigenvalue weighted by molar-refractivity contribution is -0.384. The fourth-order valence-corrected chi connectivity index (χ4v) is 3.35. The average molecular weight is 512 g/mol. The van der Waals surface area contributed by atoms with Crippen LogP contribution < -0.4 is 10.6 Å². The zero-order chi connectivity index (χ0) is 24.0. The molecule has 0 saturated carbocycles. The molecule has 0 fully saturated rings. The number of amides is 2. The second-order valence-electron chi connectivity index (χ2n) is 6.87. The van der Waals surface area contributed by atoms with E-state index >= 15 is 0 Å². The van der Waals surface area contributed by atoms with E-state index in [4.69, 9.17) is 4.74 Å². The maximum absolute atomic E-state index is 13.0. The summed E-state index contributed by atoms with van der Waals surface area (Å²) in [7, 11) is 0. The monoisotopic (exact) mass is 511 g/mol. The number of nitrogens with zero attached hydrogens (tertiary/aromatic N) is 1. The lowest BCUT2D eigenvalue weighted by Crippen LogP contribution is -2.26. The van der Waals surface area contributed by atoms with Gasteiger partial charge in [-0.05, 0) is 46.3 Å². The lowest BCUT2D eigenvalue weighted by Gasteiger charge is -2.18. The van der Waals surface area contributed by atoms with Crippen molar-refractivity contribution in [1.82, 2.24) is 0 Å². The highest BCUT2D eigenvalue weighted by atomic mass is 79.9. The van der Waals surface area contributed by atoms with E-state index < -0.39 is 22.9 Å². The molecule has 0 aromatic heterocycles. The number of hydrogen-bond acceptors (Lipinski definition) is 6. The van der Waals surface area contributed by atoms with Crippen molar-refractivity contribution in [3.8, 4) is 0 Å². The van der Waals surface area contributed by atoms with Gasteiger partial charge in [0.1, 0.15) is 0 Å². The normalized spacial score (nSPS) is 11.2. The minimum absolute atomic E-state index is 0.145. The highest BCUT2D eigenvalue weighted by Crippen LogP contribution is 2.29. The van der Waals surface area contributed by atoms with Crippen LogP contribution in [-0.4, -0.2) is 22.7 Å². The Morgan fingerprint density at radius 3 is 2.21 bits per heavy atom. The summed E-state index contributed by atoms with van der Waals surface area (Å²) in [5.41, 5.74) is 1.28. The predicted molar refractivity (Wildman–Crippen MR) is 125 cm³/mol. The molecular formula is C23H18BrN3O6. The van der Waals surface area contributed by atoms with Crippen molar-refractivity contribution in [3.63, 3.8) is 0 Å². The summed E-state index contributed by atoms with van der Waals surface area (Å²) < 4.78 is 5.82. The minimum atomic E-state index is -1.28. The molecule has 2 amide bonds. The highest BCUT2D eigenvalue weighted by molar-refractivity contribution is 9.10. The molecule has 0 radical (unpaired) electrons. The second kappa shape index (κ2) is 10.5. The number of nitro groups is 1. The summed E-state index contributed by atoms with van der Waals surface area (Å²) in [5.74, 6) is -1.63. The van der Waals surface area contributed by atoms with Crippen LogP contribution >= 0.6 is 15.9 Å². The van der Waals surface area contributed by atoms with E-state index in [-0.39, 0.29) is 22.8 Å². The first-order valence-corrected chi connectivity index (χ1v) is 10.4. The van der Waals surface area contributed by atoms with Crippen LogP contribution in [0.25, 0.3) is 0 Å². The molecule has 9 nitrogen and oxygen atoms in total. The average Bonchev–Trinajstić information content (AvgIpc) is 2.79. The van der Waals surface area contributed by atoms with Crippen LogP contribution in [0.3, 0.4) is 0 Å². The van der Waals surface area contributed by atoms with Gasteiger partial charge in [0.15, 0.2) is 0 Å². The molecule has 0 unspecified atom stereocenters. The number of ether oxygens (including phenoxy) is 1. The van der Waals surface area contributed by atoms with Crippen molar-refractivity contribution in [1.29, 1.82) is 0 Å². The van der Waals surface area contributed by atoms with Crippen LogP contribution in [0.2, 0.25) is 0 Å². The first-order chi connectivity index (χ1) is 15.7. The zero-order valence-corrected chi connectivity index (χ0v) is 18.9. The molecule has 0 aliphatic rings. The van der Waals surface area contributed by atoms with E-state index in [2.05, 4.69) is 26.6 Å². The van der Waals surface area contributed by atoms with Gasteiger partial charge in [0.05, 0.1) is 16.2 Å². The Morgan fingerprint density at radius 2 is 1.64 bits per heavy atom. The van der Waals surface area contributed by atoms with Gasteiger partial charge in [0, 0.05) is 34.8 Å². The van der Waals surface area contributed by atoms with Gasteiger partial charge < -0.3 is 15.4 Å². The number of halogens is 1. The van der Waals surface area contributed by atoms with Gasteiger partial charge in [-0.3, -0.25) is 19.7 Å². The molecular weight excluding hydrogens is 494 g/mol. The molecule has 0 saturated heterocycles. The van der Waals surface area contributed by atoms with Gasteiger partial charge in [0.25, 0.3) is 11.6 Å². The molecule has 0 spiro atoms. The Labute approximate surface area is 197 Å². The molecule has 1 atom stereocenters. The molecule has 3 rings (SSSR count). The van der Waals surface area contributed by atoms with Crippen molar-refractivity contribution in [3.05, 3.63) is 98.5 Å². The highest BCUT2D eigenvalue weighted by Gasteiger charge is 2.26. The lowest BCUT2D eigenvalue weighted by atomic mass is 10.1. The van der Waals surface area contributed by atoms with Gasteiger partial charge in [-0.2, -0.15) is 0 Å².